The monoisotopic (exact) mass is 347 g/mol. The Morgan fingerprint density at radius 1 is 1.17 bits per heavy atom. The van der Waals surface area contributed by atoms with E-state index in [-0.39, 0.29) is 10.8 Å². The normalized spacial score (nSPS) is 11.5. The molecule has 0 unspecified atom stereocenters. The first-order valence-electron chi connectivity index (χ1n) is 7.61. The fourth-order valence-corrected chi connectivity index (χ4v) is 3.03. The molecule has 0 saturated heterocycles. The van der Waals surface area contributed by atoms with Crippen LogP contribution in [0.3, 0.4) is 0 Å². The average molecular weight is 347 g/mol. The molecule has 0 saturated carbocycles. The van der Waals surface area contributed by atoms with Crippen molar-refractivity contribution >= 4 is 15.9 Å². The molecule has 2 rings (SSSR count). The maximum absolute atomic E-state index is 12.1. The molecule has 1 aromatic carbocycles. The summed E-state index contributed by atoms with van der Waals surface area (Å²) in [5.41, 5.74) is 1.57. The lowest BCUT2D eigenvalue weighted by Gasteiger charge is -2.11. The number of nitrogens with zero attached hydrogens (tertiary/aromatic N) is 2. The standard InChI is InChI=1S/C17H21N3O3S/c1-20(2)24(22,23)16-9-7-15(8-10-16)17(21)19-12-4-6-14-5-3-11-18-13-14/h3,5,7-11,13H,4,6,12H2,1-2H3,(H,19,21). The molecule has 0 bridgehead atoms. The van der Waals surface area contributed by atoms with Crippen molar-refractivity contribution in [1.29, 1.82) is 0 Å². The molecule has 6 nitrogen and oxygen atoms in total. The van der Waals surface area contributed by atoms with Crippen LogP contribution in [0.5, 0.6) is 0 Å². The van der Waals surface area contributed by atoms with Crippen LogP contribution in [0.25, 0.3) is 0 Å². The molecule has 2 aromatic rings. The molecule has 0 aliphatic carbocycles. The van der Waals surface area contributed by atoms with E-state index >= 15 is 0 Å². The zero-order chi connectivity index (χ0) is 17.6. The van der Waals surface area contributed by atoms with Gasteiger partial charge in [-0.15, -0.1) is 0 Å². The third-order valence-electron chi connectivity index (χ3n) is 3.55. The van der Waals surface area contributed by atoms with Crippen molar-refractivity contribution in [1.82, 2.24) is 14.6 Å². The van der Waals surface area contributed by atoms with Crippen molar-refractivity contribution in [2.45, 2.75) is 17.7 Å². The van der Waals surface area contributed by atoms with E-state index in [4.69, 9.17) is 0 Å². The van der Waals surface area contributed by atoms with Gasteiger partial charge in [0.2, 0.25) is 10.0 Å². The Morgan fingerprint density at radius 3 is 2.46 bits per heavy atom. The van der Waals surface area contributed by atoms with Gasteiger partial charge in [0.25, 0.3) is 5.91 Å². The van der Waals surface area contributed by atoms with E-state index in [1.165, 1.54) is 38.4 Å². The van der Waals surface area contributed by atoms with Gasteiger partial charge < -0.3 is 5.32 Å². The molecule has 1 aromatic heterocycles. The predicted molar refractivity (Wildman–Crippen MR) is 92.2 cm³/mol. The van der Waals surface area contributed by atoms with E-state index in [1.54, 1.807) is 6.20 Å². The topological polar surface area (TPSA) is 79.4 Å². The quantitative estimate of drug-likeness (QED) is 0.773. The molecular formula is C17H21N3O3S. The molecule has 7 heteroatoms. The highest BCUT2D eigenvalue weighted by Crippen LogP contribution is 2.14. The van der Waals surface area contributed by atoms with Crippen LogP contribution in [-0.2, 0) is 16.4 Å². The number of benzene rings is 1. The van der Waals surface area contributed by atoms with Gasteiger partial charge in [-0.3, -0.25) is 9.78 Å². The highest BCUT2D eigenvalue weighted by molar-refractivity contribution is 7.89. The van der Waals surface area contributed by atoms with Crippen LogP contribution < -0.4 is 5.32 Å². The molecule has 0 radical (unpaired) electrons. The number of nitrogens with one attached hydrogen (secondary N) is 1. The van der Waals surface area contributed by atoms with E-state index in [1.807, 2.05) is 18.3 Å². The van der Waals surface area contributed by atoms with Gasteiger partial charge in [0.05, 0.1) is 4.90 Å². The average Bonchev–Trinajstić information content (AvgIpc) is 2.59. The first kappa shape index (κ1) is 18.1. The minimum absolute atomic E-state index is 0.167. The summed E-state index contributed by atoms with van der Waals surface area (Å²) in [4.78, 5) is 16.3. The third kappa shape index (κ3) is 4.62. The largest absolute Gasteiger partial charge is 0.352 e. The molecule has 1 amide bonds. The fourth-order valence-electron chi connectivity index (χ4n) is 2.13. The van der Waals surface area contributed by atoms with Crippen molar-refractivity contribution in [2.24, 2.45) is 0 Å². The Balaban J connectivity index is 1.87. The number of rotatable bonds is 7. The summed E-state index contributed by atoms with van der Waals surface area (Å²) in [5, 5.41) is 2.83. The van der Waals surface area contributed by atoms with Crippen LogP contribution in [0, 0.1) is 0 Å². The Labute approximate surface area is 142 Å². The van der Waals surface area contributed by atoms with E-state index in [9.17, 15) is 13.2 Å². The molecule has 0 aliphatic rings. The van der Waals surface area contributed by atoms with Gasteiger partial charge in [0.15, 0.2) is 0 Å². The minimum Gasteiger partial charge on any atom is -0.352 e. The van der Waals surface area contributed by atoms with Gasteiger partial charge in [-0.2, -0.15) is 0 Å². The zero-order valence-corrected chi connectivity index (χ0v) is 14.6. The number of sulfonamides is 1. The number of carbonyl (C=O) groups excluding carboxylic acids is 1. The molecule has 24 heavy (non-hydrogen) atoms. The zero-order valence-electron chi connectivity index (χ0n) is 13.8. The van der Waals surface area contributed by atoms with Crippen molar-refractivity contribution < 1.29 is 13.2 Å². The van der Waals surface area contributed by atoms with Crippen molar-refractivity contribution in [3.05, 3.63) is 59.9 Å². The highest BCUT2D eigenvalue weighted by atomic mass is 32.2. The van der Waals surface area contributed by atoms with Crippen LogP contribution in [0.4, 0.5) is 0 Å². The summed E-state index contributed by atoms with van der Waals surface area (Å²) in [6.07, 6.45) is 5.19. The lowest BCUT2D eigenvalue weighted by atomic mass is 10.1. The molecular weight excluding hydrogens is 326 g/mol. The summed E-state index contributed by atoms with van der Waals surface area (Å²) >= 11 is 0. The van der Waals surface area contributed by atoms with Crippen LogP contribution in [0.15, 0.2) is 53.7 Å². The second kappa shape index (κ2) is 8.03. The van der Waals surface area contributed by atoms with Gasteiger partial charge in [0, 0.05) is 38.6 Å². The first-order chi connectivity index (χ1) is 11.4. The summed E-state index contributed by atoms with van der Waals surface area (Å²) in [6.45, 7) is 0.547. The second-order valence-electron chi connectivity index (χ2n) is 5.53. The minimum atomic E-state index is -3.48. The van der Waals surface area contributed by atoms with E-state index in [2.05, 4.69) is 10.3 Å². The number of amides is 1. The predicted octanol–water partition coefficient (Wildman–Crippen LogP) is 1.69. The molecule has 1 N–H and O–H groups in total. The van der Waals surface area contributed by atoms with E-state index in [0.717, 1.165) is 22.7 Å². The smallest absolute Gasteiger partial charge is 0.251 e. The number of hydrogen-bond donors (Lipinski definition) is 1. The summed E-state index contributed by atoms with van der Waals surface area (Å²) in [5.74, 6) is -0.213. The molecule has 0 atom stereocenters. The second-order valence-corrected chi connectivity index (χ2v) is 7.68. The summed E-state index contributed by atoms with van der Waals surface area (Å²) < 4.78 is 25.1. The van der Waals surface area contributed by atoms with Crippen molar-refractivity contribution in [3.63, 3.8) is 0 Å². The number of carbonyl (C=O) groups is 1. The highest BCUT2D eigenvalue weighted by Gasteiger charge is 2.17. The molecule has 1 heterocycles. The van der Waals surface area contributed by atoms with E-state index in [0.29, 0.717) is 12.1 Å². The summed E-state index contributed by atoms with van der Waals surface area (Å²) in [7, 11) is -0.534. The Kier molecular flexibility index (Phi) is 6.05. The Morgan fingerprint density at radius 2 is 1.88 bits per heavy atom. The summed E-state index contributed by atoms with van der Waals surface area (Å²) in [6, 6.07) is 9.81. The van der Waals surface area contributed by atoms with E-state index < -0.39 is 10.0 Å². The SMILES string of the molecule is CN(C)S(=O)(=O)c1ccc(C(=O)NCCCc2cccnc2)cc1. The van der Waals surface area contributed by atoms with Crippen LogP contribution in [-0.4, -0.2) is 44.3 Å². The maximum atomic E-state index is 12.1. The molecule has 0 aliphatic heterocycles. The fraction of sp³-hybridized carbons (Fsp3) is 0.294. The molecule has 0 spiro atoms. The maximum Gasteiger partial charge on any atom is 0.251 e. The first-order valence-corrected chi connectivity index (χ1v) is 9.05. The Bertz CT molecular complexity index is 772. The van der Waals surface area contributed by atoms with Crippen molar-refractivity contribution in [3.8, 4) is 0 Å². The number of pyridine rings is 1. The number of hydrogen-bond acceptors (Lipinski definition) is 4. The number of aromatic nitrogens is 1. The van der Waals surface area contributed by atoms with Crippen LogP contribution in [0.2, 0.25) is 0 Å². The van der Waals surface area contributed by atoms with Gasteiger partial charge >= 0.3 is 0 Å². The Hall–Kier alpha value is -2.25. The van der Waals surface area contributed by atoms with Gasteiger partial charge in [-0.1, -0.05) is 6.07 Å². The van der Waals surface area contributed by atoms with Crippen LogP contribution in [0.1, 0.15) is 22.3 Å². The molecule has 0 fully saturated rings. The number of aryl methyl sites for hydroxylation is 1. The van der Waals surface area contributed by atoms with Gasteiger partial charge in [0.1, 0.15) is 0 Å². The van der Waals surface area contributed by atoms with Gasteiger partial charge in [-0.25, -0.2) is 12.7 Å². The van der Waals surface area contributed by atoms with Gasteiger partial charge in [-0.05, 0) is 48.7 Å². The lowest BCUT2D eigenvalue weighted by molar-refractivity contribution is 0.0953. The lowest BCUT2D eigenvalue weighted by Crippen LogP contribution is -2.25. The van der Waals surface area contributed by atoms with Crippen LogP contribution >= 0.6 is 0 Å². The van der Waals surface area contributed by atoms with Crippen molar-refractivity contribution in [2.75, 3.05) is 20.6 Å². The molecule has 128 valence electrons. The third-order valence-corrected chi connectivity index (χ3v) is 5.37.